The van der Waals surface area contributed by atoms with Gasteiger partial charge in [-0.15, -0.1) is 0 Å². The number of benzene rings is 2. The smallest absolute Gasteiger partial charge is 0.173 e. The van der Waals surface area contributed by atoms with Gasteiger partial charge in [0.05, 0.1) is 29.2 Å². The minimum atomic E-state index is -1.26. The number of aliphatic carboxylic acids is 1. The molecule has 2 heterocycles. The lowest BCUT2D eigenvalue weighted by Gasteiger charge is -2.34. The molecule has 2 aliphatic heterocycles. The van der Waals surface area contributed by atoms with E-state index in [0.717, 1.165) is 10.5 Å². The Morgan fingerprint density at radius 1 is 1.17 bits per heavy atom. The molecule has 148 valence electrons. The molecule has 0 bridgehead atoms. The molecule has 0 N–H and O–H groups in total. The number of rotatable bonds is 4. The van der Waals surface area contributed by atoms with Gasteiger partial charge in [0.2, 0.25) is 0 Å². The summed E-state index contributed by atoms with van der Waals surface area (Å²) in [7, 11) is 1.58. The van der Waals surface area contributed by atoms with E-state index in [1.54, 1.807) is 44.4 Å². The Hall–Kier alpha value is -2.41. The number of thioether (sulfide) groups is 1. The largest absolute Gasteiger partial charge is 0.545 e. The minimum absolute atomic E-state index is 0.113. The fourth-order valence-electron chi connectivity index (χ4n) is 3.39. The summed E-state index contributed by atoms with van der Waals surface area (Å²) in [5, 5.41) is 13.6. The topological polar surface area (TPSA) is 65.0 Å². The number of nitrogens with zero attached hydrogens (tertiary/aromatic N) is 2. The lowest BCUT2D eigenvalue weighted by molar-refractivity contribution is -0.300. The highest BCUT2D eigenvalue weighted by molar-refractivity contribution is 8.22. The second-order valence-electron chi connectivity index (χ2n) is 6.46. The number of allylic oxidation sites excluding steroid dienone is 1. The van der Waals surface area contributed by atoms with E-state index < -0.39 is 12.0 Å². The van der Waals surface area contributed by atoms with Gasteiger partial charge in [0.1, 0.15) is 5.75 Å². The first-order chi connectivity index (χ1) is 13.9. The maximum atomic E-state index is 12.0. The van der Waals surface area contributed by atoms with Gasteiger partial charge in [0.15, 0.2) is 5.17 Å². The molecule has 0 spiro atoms. The number of aliphatic imine (C=N–C) groups is 1. The zero-order chi connectivity index (χ0) is 20.7. The number of fused-ring (bicyclic) bond motifs is 1. The predicted octanol–water partition coefficient (Wildman–Crippen LogP) is 4.48. The number of carboxylic acids is 1. The Morgan fingerprint density at radius 3 is 2.41 bits per heavy atom. The molecular formula is C21H15Cl2N2O3S-. The molecule has 4 rings (SSSR count). The van der Waals surface area contributed by atoms with Crippen molar-refractivity contribution in [3.05, 3.63) is 81.1 Å². The van der Waals surface area contributed by atoms with Crippen molar-refractivity contribution in [3.63, 3.8) is 0 Å². The van der Waals surface area contributed by atoms with Gasteiger partial charge in [0, 0.05) is 27.9 Å². The molecule has 2 aromatic carbocycles. The van der Waals surface area contributed by atoms with Crippen LogP contribution in [0.4, 0.5) is 0 Å². The van der Waals surface area contributed by atoms with E-state index >= 15 is 0 Å². The summed E-state index contributed by atoms with van der Waals surface area (Å²) in [5.74, 6) is -0.572. The van der Waals surface area contributed by atoms with Crippen molar-refractivity contribution in [2.24, 2.45) is 4.99 Å². The number of carbonyl (C=O) groups excluding carboxylic acids is 1. The number of methoxy groups -OCH3 is 1. The van der Waals surface area contributed by atoms with Crippen LogP contribution in [0, 0.1) is 0 Å². The third-order valence-corrected chi connectivity index (χ3v) is 6.39. The van der Waals surface area contributed by atoms with Crippen LogP contribution in [0.3, 0.4) is 0 Å². The van der Waals surface area contributed by atoms with Crippen LogP contribution >= 0.6 is 35.0 Å². The first kappa shape index (κ1) is 19.9. The molecule has 8 heteroatoms. The van der Waals surface area contributed by atoms with Crippen molar-refractivity contribution in [2.45, 2.75) is 13.0 Å². The van der Waals surface area contributed by atoms with E-state index in [1.807, 2.05) is 23.2 Å². The van der Waals surface area contributed by atoms with Crippen LogP contribution in [0.5, 0.6) is 5.75 Å². The van der Waals surface area contributed by atoms with Gasteiger partial charge in [0.25, 0.3) is 0 Å². The monoisotopic (exact) mass is 445 g/mol. The Balaban J connectivity index is 1.84. The number of amidine groups is 1. The lowest BCUT2D eigenvalue weighted by Crippen LogP contribution is -2.38. The summed E-state index contributed by atoms with van der Waals surface area (Å²) in [5.41, 5.74) is 1.99. The van der Waals surface area contributed by atoms with Crippen molar-refractivity contribution in [3.8, 4) is 5.75 Å². The Labute approximate surface area is 182 Å². The summed E-state index contributed by atoms with van der Waals surface area (Å²) in [6, 6.07) is 12.0. The maximum absolute atomic E-state index is 12.0. The number of carboxylic acid groups (broad SMARTS) is 1. The highest BCUT2D eigenvalue weighted by atomic mass is 35.5. The number of carbonyl (C=O) groups is 1. The minimum Gasteiger partial charge on any atom is -0.545 e. The SMILES string of the molecule is COc1ccc(C2C(C(=O)[O-])=C(C)N=C3SC(c4c(Cl)cccc4Cl)=CN32)cc1. The molecule has 0 amide bonds. The number of hydrogen-bond donors (Lipinski definition) is 0. The summed E-state index contributed by atoms with van der Waals surface area (Å²) in [6.45, 7) is 1.67. The molecule has 29 heavy (non-hydrogen) atoms. The molecule has 1 atom stereocenters. The fraction of sp³-hybridized carbons (Fsp3) is 0.143. The molecule has 0 radical (unpaired) electrons. The second-order valence-corrected chi connectivity index (χ2v) is 8.28. The van der Waals surface area contributed by atoms with Crippen molar-refractivity contribution >= 4 is 51.0 Å². The summed E-state index contributed by atoms with van der Waals surface area (Å²) >= 11 is 14.1. The van der Waals surface area contributed by atoms with E-state index in [-0.39, 0.29) is 5.57 Å². The lowest BCUT2D eigenvalue weighted by atomic mass is 9.95. The Morgan fingerprint density at radius 2 is 1.83 bits per heavy atom. The predicted molar refractivity (Wildman–Crippen MR) is 115 cm³/mol. The third kappa shape index (κ3) is 3.52. The van der Waals surface area contributed by atoms with Crippen molar-refractivity contribution in [2.75, 3.05) is 7.11 Å². The summed E-state index contributed by atoms with van der Waals surface area (Å²) in [4.78, 5) is 19.1. The normalized spacial score (nSPS) is 18.3. The van der Waals surface area contributed by atoms with Gasteiger partial charge in [-0.05, 0) is 48.5 Å². The molecule has 2 aliphatic rings. The van der Waals surface area contributed by atoms with Crippen LogP contribution in [0.1, 0.15) is 24.1 Å². The number of hydrogen-bond acceptors (Lipinski definition) is 6. The summed E-state index contributed by atoms with van der Waals surface area (Å²) in [6.07, 6.45) is 1.83. The molecule has 1 unspecified atom stereocenters. The average molecular weight is 446 g/mol. The van der Waals surface area contributed by atoms with Crippen LogP contribution in [0.15, 0.2) is 64.9 Å². The van der Waals surface area contributed by atoms with Gasteiger partial charge < -0.3 is 19.5 Å². The second kappa shape index (κ2) is 7.78. The number of ether oxygens (including phenoxy) is 1. The highest BCUT2D eigenvalue weighted by Crippen LogP contribution is 2.48. The summed E-state index contributed by atoms with van der Waals surface area (Å²) < 4.78 is 5.22. The third-order valence-electron chi connectivity index (χ3n) is 4.74. The van der Waals surface area contributed by atoms with Crippen LogP contribution < -0.4 is 9.84 Å². The quantitative estimate of drug-likeness (QED) is 0.693. The first-order valence-electron chi connectivity index (χ1n) is 8.68. The fourth-order valence-corrected chi connectivity index (χ4v) is 5.23. The van der Waals surface area contributed by atoms with Crippen molar-refractivity contribution in [1.82, 2.24) is 4.90 Å². The van der Waals surface area contributed by atoms with Gasteiger partial charge in [-0.25, -0.2) is 4.99 Å². The van der Waals surface area contributed by atoms with Crippen LogP contribution in [0.25, 0.3) is 4.91 Å². The zero-order valence-corrected chi connectivity index (χ0v) is 17.8. The molecular weight excluding hydrogens is 431 g/mol. The van der Waals surface area contributed by atoms with E-state index in [1.165, 1.54) is 11.8 Å². The molecule has 5 nitrogen and oxygen atoms in total. The van der Waals surface area contributed by atoms with Gasteiger partial charge in [-0.1, -0.05) is 41.4 Å². The highest BCUT2D eigenvalue weighted by Gasteiger charge is 2.37. The Bertz CT molecular complexity index is 1070. The van der Waals surface area contributed by atoms with E-state index in [2.05, 4.69) is 4.99 Å². The zero-order valence-electron chi connectivity index (χ0n) is 15.5. The maximum Gasteiger partial charge on any atom is 0.173 e. The average Bonchev–Trinajstić information content (AvgIpc) is 3.09. The molecule has 0 aliphatic carbocycles. The molecule has 0 saturated carbocycles. The van der Waals surface area contributed by atoms with Gasteiger partial charge in [-0.3, -0.25) is 0 Å². The van der Waals surface area contributed by atoms with Crippen molar-refractivity contribution < 1.29 is 14.6 Å². The molecule has 0 aromatic heterocycles. The molecule has 2 aromatic rings. The van der Waals surface area contributed by atoms with Crippen molar-refractivity contribution in [1.29, 1.82) is 0 Å². The standard InChI is InChI=1S/C21H16Cl2N2O3S/c1-11-17(20(26)27)19(12-6-8-13(28-2)9-7-12)25-10-16(29-21(25)24-11)18-14(22)4-3-5-15(18)23/h3-10,19H,1-2H3,(H,26,27)/p-1. The van der Waals surface area contributed by atoms with Gasteiger partial charge in [-0.2, -0.15) is 0 Å². The first-order valence-corrected chi connectivity index (χ1v) is 10.2. The molecule has 0 saturated heterocycles. The van der Waals surface area contributed by atoms with Crippen LogP contribution in [0.2, 0.25) is 10.0 Å². The van der Waals surface area contributed by atoms with Gasteiger partial charge >= 0.3 is 0 Å². The van der Waals surface area contributed by atoms with E-state index in [4.69, 9.17) is 27.9 Å². The van der Waals surface area contributed by atoms with E-state index in [0.29, 0.717) is 32.2 Å². The Kier molecular flexibility index (Phi) is 5.34. The molecule has 0 fully saturated rings. The van der Waals surface area contributed by atoms with E-state index in [9.17, 15) is 9.90 Å². The number of halogens is 2. The van der Waals surface area contributed by atoms with Crippen LogP contribution in [-0.4, -0.2) is 23.1 Å². The van der Waals surface area contributed by atoms with Crippen LogP contribution in [-0.2, 0) is 4.79 Å².